The van der Waals surface area contributed by atoms with Gasteiger partial charge in [0, 0.05) is 10.7 Å². The number of amides is 1. The van der Waals surface area contributed by atoms with Crippen LogP contribution >= 0.6 is 23.2 Å². The van der Waals surface area contributed by atoms with E-state index in [4.69, 9.17) is 42.4 Å². The van der Waals surface area contributed by atoms with Crippen molar-refractivity contribution in [2.45, 2.75) is 79.1 Å². The summed E-state index contributed by atoms with van der Waals surface area (Å²) >= 11 is 12.9. The van der Waals surface area contributed by atoms with Gasteiger partial charge in [-0.1, -0.05) is 37.0 Å². The van der Waals surface area contributed by atoms with Crippen molar-refractivity contribution in [3.8, 4) is 17.1 Å². The van der Waals surface area contributed by atoms with Crippen LogP contribution in [0.15, 0.2) is 30.3 Å². The number of aromatic nitrogens is 2. The summed E-state index contributed by atoms with van der Waals surface area (Å²) in [4.78, 5) is 30.9. The van der Waals surface area contributed by atoms with Gasteiger partial charge in [-0.2, -0.15) is 0 Å². The maximum atomic E-state index is 13.6. The number of ether oxygens (including phenoxy) is 3. The highest BCUT2D eigenvalue weighted by Gasteiger charge is 2.32. The minimum atomic E-state index is -0.712. The first-order chi connectivity index (χ1) is 18.0. The third-order valence-corrected chi connectivity index (χ3v) is 5.97. The molecule has 8 nitrogen and oxygen atoms in total. The summed E-state index contributed by atoms with van der Waals surface area (Å²) in [6.45, 7) is 14.9. The number of imidazole rings is 1. The zero-order valence-electron chi connectivity index (χ0n) is 23.9. The summed E-state index contributed by atoms with van der Waals surface area (Å²) in [5, 5.41) is 3.44. The van der Waals surface area contributed by atoms with Crippen LogP contribution in [0.1, 0.15) is 67.9 Å². The Labute approximate surface area is 239 Å². The number of nitrogens with one attached hydrogen (secondary N) is 1. The van der Waals surface area contributed by atoms with Crippen LogP contribution in [0, 0.1) is 5.92 Å². The molecule has 212 valence electrons. The molecule has 1 amide bonds. The molecule has 1 atom stereocenters. The number of benzene rings is 2. The molecule has 0 aliphatic carbocycles. The second-order valence-electron chi connectivity index (χ2n) is 11.8. The van der Waals surface area contributed by atoms with Gasteiger partial charge in [0.2, 0.25) is 0 Å². The molecule has 10 heteroatoms. The number of carbonyl (C=O) groups excluding carboxylic acids is 2. The highest BCUT2D eigenvalue weighted by atomic mass is 35.5. The largest absolute Gasteiger partial charge is 0.494 e. The molecule has 0 saturated heterocycles. The standard InChI is InChI=1S/C29H37Cl2N3O5/c1-16(2)12-23(26(35)38-28(3,4)5)34-22-11-10-18(32-27(36)39-29(6,7)8)15-21(22)33-25(34)19-13-17(30)14-20(31)24(19)37-9/h10-11,13-16,23H,12H2,1-9H3,(H,32,36). The van der Waals surface area contributed by atoms with E-state index in [1.165, 1.54) is 7.11 Å². The van der Waals surface area contributed by atoms with Gasteiger partial charge < -0.3 is 18.8 Å². The molecule has 1 aromatic heterocycles. The Morgan fingerprint density at radius 3 is 2.21 bits per heavy atom. The van der Waals surface area contributed by atoms with E-state index >= 15 is 0 Å². The fraction of sp³-hybridized carbons (Fsp3) is 0.483. The fourth-order valence-electron chi connectivity index (χ4n) is 4.16. The second kappa shape index (κ2) is 11.6. The number of hydrogen-bond donors (Lipinski definition) is 1. The van der Waals surface area contributed by atoms with Crippen molar-refractivity contribution in [2.24, 2.45) is 5.92 Å². The highest BCUT2D eigenvalue weighted by Crippen LogP contribution is 2.42. The zero-order chi connectivity index (χ0) is 29.3. The quantitative estimate of drug-likeness (QED) is 0.284. The van der Waals surface area contributed by atoms with Gasteiger partial charge >= 0.3 is 12.1 Å². The van der Waals surface area contributed by atoms with Gasteiger partial charge in [0.1, 0.15) is 28.8 Å². The first-order valence-electron chi connectivity index (χ1n) is 12.8. The van der Waals surface area contributed by atoms with Crippen LogP contribution in [-0.4, -0.2) is 39.9 Å². The lowest BCUT2D eigenvalue weighted by atomic mass is 10.0. The molecule has 0 aliphatic heterocycles. The minimum Gasteiger partial charge on any atom is -0.494 e. The number of anilines is 1. The van der Waals surface area contributed by atoms with E-state index in [0.717, 1.165) is 0 Å². The highest BCUT2D eigenvalue weighted by molar-refractivity contribution is 6.36. The molecular weight excluding hydrogens is 541 g/mol. The fourth-order valence-corrected chi connectivity index (χ4v) is 4.73. The molecule has 0 spiro atoms. The van der Waals surface area contributed by atoms with Crippen molar-refractivity contribution in [1.82, 2.24) is 9.55 Å². The maximum absolute atomic E-state index is 13.6. The summed E-state index contributed by atoms with van der Waals surface area (Å²) < 4.78 is 18.7. The second-order valence-corrected chi connectivity index (χ2v) is 12.6. The Hall–Kier alpha value is -2.97. The van der Waals surface area contributed by atoms with E-state index in [0.29, 0.717) is 50.3 Å². The van der Waals surface area contributed by atoms with E-state index in [1.54, 1.807) is 51.1 Å². The predicted molar refractivity (Wildman–Crippen MR) is 156 cm³/mol. The number of halogens is 2. The zero-order valence-corrected chi connectivity index (χ0v) is 25.5. The molecular formula is C29H37Cl2N3O5. The molecule has 3 aromatic rings. The number of carbonyl (C=O) groups is 2. The Morgan fingerprint density at radius 1 is 1.00 bits per heavy atom. The van der Waals surface area contributed by atoms with Crippen molar-refractivity contribution in [3.05, 3.63) is 40.4 Å². The molecule has 0 saturated carbocycles. The number of methoxy groups -OCH3 is 1. The number of nitrogens with zero attached hydrogens (tertiary/aromatic N) is 2. The van der Waals surface area contributed by atoms with E-state index in [2.05, 4.69) is 5.32 Å². The van der Waals surface area contributed by atoms with E-state index in [-0.39, 0.29) is 11.9 Å². The molecule has 1 unspecified atom stereocenters. The lowest BCUT2D eigenvalue weighted by molar-refractivity contribution is -0.159. The first-order valence-corrected chi connectivity index (χ1v) is 13.5. The number of esters is 1. The molecule has 1 N–H and O–H groups in total. The van der Waals surface area contributed by atoms with Crippen LogP contribution in [0.2, 0.25) is 10.0 Å². The average Bonchev–Trinajstić information content (AvgIpc) is 3.12. The average molecular weight is 579 g/mol. The predicted octanol–water partition coefficient (Wildman–Crippen LogP) is 8.29. The Morgan fingerprint density at radius 2 is 1.64 bits per heavy atom. The van der Waals surface area contributed by atoms with Crippen LogP contribution < -0.4 is 10.1 Å². The van der Waals surface area contributed by atoms with Crippen molar-refractivity contribution in [1.29, 1.82) is 0 Å². The van der Waals surface area contributed by atoms with Gasteiger partial charge in [-0.05, 0) is 84.2 Å². The van der Waals surface area contributed by atoms with Crippen LogP contribution in [0.5, 0.6) is 5.75 Å². The van der Waals surface area contributed by atoms with Crippen molar-refractivity contribution in [2.75, 3.05) is 12.4 Å². The lowest BCUT2D eigenvalue weighted by Crippen LogP contribution is -2.31. The number of rotatable bonds is 7. The van der Waals surface area contributed by atoms with Gasteiger partial charge in [0.25, 0.3) is 0 Å². The van der Waals surface area contributed by atoms with Gasteiger partial charge in [0.15, 0.2) is 0 Å². The van der Waals surface area contributed by atoms with E-state index < -0.39 is 23.3 Å². The molecule has 1 heterocycles. The lowest BCUT2D eigenvalue weighted by Gasteiger charge is -2.27. The third-order valence-electron chi connectivity index (χ3n) is 5.47. The summed E-state index contributed by atoms with van der Waals surface area (Å²) in [5.74, 6) is 0.569. The molecule has 0 bridgehead atoms. The molecule has 0 aliphatic rings. The smallest absolute Gasteiger partial charge is 0.412 e. The van der Waals surface area contributed by atoms with Crippen molar-refractivity contribution < 1.29 is 23.8 Å². The molecule has 2 aromatic carbocycles. The molecule has 0 radical (unpaired) electrons. The summed E-state index contributed by atoms with van der Waals surface area (Å²) in [7, 11) is 1.51. The monoisotopic (exact) mass is 577 g/mol. The number of fused-ring (bicyclic) bond motifs is 1. The van der Waals surface area contributed by atoms with Crippen molar-refractivity contribution in [3.63, 3.8) is 0 Å². The van der Waals surface area contributed by atoms with Crippen molar-refractivity contribution >= 4 is 52.0 Å². The Kier molecular flexibility index (Phi) is 9.13. The topological polar surface area (TPSA) is 91.7 Å². The number of hydrogen-bond acceptors (Lipinski definition) is 6. The summed E-state index contributed by atoms with van der Waals surface area (Å²) in [5.41, 5.74) is 0.864. The minimum absolute atomic E-state index is 0.158. The normalized spacial score (nSPS) is 12.9. The van der Waals surface area contributed by atoms with Crippen LogP contribution in [0.25, 0.3) is 22.4 Å². The summed E-state index contributed by atoms with van der Waals surface area (Å²) in [6.07, 6.45) is -0.0988. The van der Waals surface area contributed by atoms with E-state index in [1.807, 2.05) is 39.2 Å². The van der Waals surface area contributed by atoms with Gasteiger partial charge in [-0.15, -0.1) is 0 Å². The first kappa shape index (κ1) is 30.6. The Balaban J connectivity index is 2.28. The SMILES string of the molecule is COc1c(Cl)cc(Cl)cc1-c1nc2cc(NC(=O)OC(C)(C)C)ccc2n1C(CC(C)C)C(=O)OC(C)(C)C. The van der Waals surface area contributed by atoms with Crippen LogP contribution in [0.3, 0.4) is 0 Å². The van der Waals surface area contributed by atoms with Crippen LogP contribution in [0.4, 0.5) is 10.5 Å². The Bertz CT molecular complexity index is 1370. The molecule has 0 fully saturated rings. The summed E-state index contributed by atoms with van der Waals surface area (Å²) in [6, 6.07) is 7.83. The van der Waals surface area contributed by atoms with Gasteiger partial charge in [0.05, 0.1) is 28.7 Å². The maximum Gasteiger partial charge on any atom is 0.412 e. The third kappa shape index (κ3) is 7.79. The van der Waals surface area contributed by atoms with E-state index in [9.17, 15) is 9.59 Å². The van der Waals surface area contributed by atoms with Gasteiger partial charge in [-0.3, -0.25) is 5.32 Å². The van der Waals surface area contributed by atoms with Crippen LogP contribution in [-0.2, 0) is 14.3 Å². The van der Waals surface area contributed by atoms with Gasteiger partial charge in [-0.25, -0.2) is 14.6 Å². The molecule has 39 heavy (non-hydrogen) atoms. The molecule has 3 rings (SSSR count).